The van der Waals surface area contributed by atoms with Gasteiger partial charge in [0.05, 0.1) is 46.7 Å². The third kappa shape index (κ3) is 4.35. The molecule has 5 heteroatoms. The van der Waals surface area contributed by atoms with E-state index in [4.69, 9.17) is 14.7 Å². The molecule has 3 aliphatic heterocycles. The zero-order valence-electron chi connectivity index (χ0n) is 24.6. The van der Waals surface area contributed by atoms with Gasteiger partial charge in [0.1, 0.15) is 0 Å². The molecule has 0 aliphatic carbocycles. The van der Waals surface area contributed by atoms with Gasteiger partial charge in [0.2, 0.25) is 0 Å². The maximum atomic E-state index is 6.88. The Kier molecular flexibility index (Phi) is 6.61. The van der Waals surface area contributed by atoms with E-state index in [0.29, 0.717) is 6.61 Å². The lowest BCUT2D eigenvalue weighted by atomic mass is 9.85. The summed E-state index contributed by atoms with van der Waals surface area (Å²) >= 11 is 0. The standard InChI is InChI=1S/C39H34N4O/c1-2-44-39(28-16-10-5-11-17-28)35-24-22-33(42-35)37(26-12-6-3-7-13-26)31-20-18-29(40-31)30-19-21-32(41-30)38(27-14-8-4-9-15-27)34-23-25-36(39)43-34/h3-25,31,34,37-38,41-42H,2H2,1H3. The van der Waals surface area contributed by atoms with Crippen LogP contribution in [0.25, 0.3) is 0 Å². The highest BCUT2D eigenvalue weighted by Gasteiger charge is 2.44. The van der Waals surface area contributed by atoms with E-state index >= 15 is 0 Å². The van der Waals surface area contributed by atoms with Gasteiger partial charge in [-0.15, -0.1) is 0 Å². The molecule has 3 aromatic carbocycles. The van der Waals surface area contributed by atoms with Crippen molar-refractivity contribution in [1.82, 2.24) is 9.97 Å². The van der Waals surface area contributed by atoms with Gasteiger partial charge >= 0.3 is 0 Å². The summed E-state index contributed by atoms with van der Waals surface area (Å²) in [5.41, 5.74) is 8.59. The van der Waals surface area contributed by atoms with Crippen LogP contribution in [-0.4, -0.2) is 40.1 Å². The van der Waals surface area contributed by atoms with Crippen molar-refractivity contribution in [2.45, 2.75) is 36.4 Å². The second kappa shape index (κ2) is 10.9. The fourth-order valence-electron chi connectivity index (χ4n) is 7.16. The molecule has 5 heterocycles. The van der Waals surface area contributed by atoms with Gasteiger partial charge in [0.15, 0.2) is 5.60 Å². The molecule has 2 aromatic heterocycles. The second-order valence-electron chi connectivity index (χ2n) is 11.6. The first-order valence-electron chi connectivity index (χ1n) is 15.4. The van der Waals surface area contributed by atoms with Gasteiger partial charge < -0.3 is 14.7 Å². The van der Waals surface area contributed by atoms with E-state index in [1.165, 1.54) is 11.1 Å². The number of hydrogen-bond donors (Lipinski definition) is 2. The molecule has 8 rings (SSSR count). The van der Waals surface area contributed by atoms with Crippen LogP contribution in [0.4, 0.5) is 0 Å². The largest absolute Gasteiger partial charge is 0.359 e. The zero-order valence-corrected chi connectivity index (χ0v) is 24.6. The van der Waals surface area contributed by atoms with E-state index in [2.05, 4.69) is 150 Å². The number of nitrogens with zero attached hydrogens (tertiary/aromatic N) is 2. The third-order valence-corrected chi connectivity index (χ3v) is 9.12. The average molecular weight is 575 g/mol. The lowest BCUT2D eigenvalue weighted by Crippen LogP contribution is -2.39. The molecule has 3 aliphatic rings. The summed E-state index contributed by atoms with van der Waals surface area (Å²) in [6.07, 6.45) is 8.79. The second-order valence-corrected chi connectivity index (χ2v) is 11.6. The number of allylic oxidation sites excluding steroid dienone is 1. The minimum atomic E-state index is -0.914. The van der Waals surface area contributed by atoms with Crippen LogP contribution >= 0.6 is 0 Å². The average Bonchev–Trinajstić information content (AvgIpc) is 3.90. The maximum Gasteiger partial charge on any atom is 0.174 e. The number of aromatic amines is 2. The number of aromatic nitrogens is 2. The Morgan fingerprint density at radius 2 is 1.23 bits per heavy atom. The van der Waals surface area contributed by atoms with Gasteiger partial charge in [-0.05, 0) is 60.0 Å². The van der Waals surface area contributed by atoms with Crippen molar-refractivity contribution in [2.75, 3.05) is 6.61 Å². The Morgan fingerprint density at radius 1 is 0.636 bits per heavy atom. The number of rotatable bonds is 5. The van der Waals surface area contributed by atoms with Crippen LogP contribution in [0.3, 0.4) is 0 Å². The number of benzene rings is 3. The molecule has 2 N–H and O–H groups in total. The van der Waals surface area contributed by atoms with E-state index in [1.807, 2.05) is 6.07 Å². The highest BCUT2D eigenvalue weighted by molar-refractivity contribution is 6.09. The van der Waals surface area contributed by atoms with E-state index in [1.54, 1.807) is 0 Å². The summed E-state index contributed by atoms with van der Waals surface area (Å²) in [6, 6.07) is 40.4. The molecular weight excluding hydrogens is 540 g/mol. The summed E-state index contributed by atoms with van der Waals surface area (Å²) in [7, 11) is 0. The highest BCUT2D eigenvalue weighted by atomic mass is 16.5. The van der Waals surface area contributed by atoms with Crippen molar-refractivity contribution in [3.05, 3.63) is 179 Å². The number of aliphatic imine (C=N–C) groups is 2. The molecule has 5 aromatic rings. The van der Waals surface area contributed by atoms with E-state index in [0.717, 1.165) is 39.8 Å². The predicted octanol–water partition coefficient (Wildman–Crippen LogP) is 7.71. The van der Waals surface area contributed by atoms with Crippen molar-refractivity contribution in [1.29, 1.82) is 0 Å². The summed E-state index contributed by atoms with van der Waals surface area (Å²) in [5, 5.41) is 0. The first kappa shape index (κ1) is 26.6. The van der Waals surface area contributed by atoms with Gasteiger partial charge in [-0.3, -0.25) is 9.98 Å². The van der Waals surface area contributed by atoms with Gasteiger partial charge in [0.25, 0.3) is 0 Å². The topological polar surface area (TPSA) is 65.5 Å². The molecule has 216 valence electrons. The molecule has 5 unspecified atom stereocenters. The minimum absolute atomic E-state index is 0.000708. The van der Waals surface area contributed by atoms with Gasteiger partial charge in [-0.2, -0.15) is 0 Å². The number of nitrogens with one attached hydrogen (secondary N) is 2. The molecule has 44 heavy (non-hydrogen) atoms. The molecule has 0 saturated heterocycles. The lowest BCUT2D eigenvalue weighted by molar-refractivity contribution is 0.0414. The molecule has 5 nitrogen and oxygen atoms in total. The number of H-pyrrole nitrogens is 2. The minimum Gasteiger partial charge on any atom is -0.359 e. The molecular formula is C39H34N4O. The van der Waals surface area contributed by atoms with Crippen molar-refractivity contribution in [3.63, 3.8) is 0 Å². The zero-order chi connectivity index (χ0) is 29.5. The van der Waals surface area contributed by atoms with E-state index in [9.17, 15) is 0 Å². The molecule has 0 amide bonds. The fraction of sp³-hybridized carbons (Fsp3) is 0.179. The Labute approximate surface area is 257 Å². The molecule has 0 radical (unpaired) electrons. The van der Waals surface area contributed by atoms with Crippen LogP contribution in [-0.2, 0) is 10.3 Å². The molecule has 5 atom stereocenters. The third-order valence-electron chi connectivity index (χ3n) is 9.12. The number of hydrogen-bond acceptors (Lipinski definition) is 3. The molecule has 0 fully saturated rings. The summed E-state index contributed by atoms with van der Waals surface area (Å²) < 4.78 is 6.88. The Bertz CT molecular complexity index is 1900. The quantitative estimate of drug-likeness (QED) is 0.222. The number of ether oxygens (including phenoxy) is 1. The Morgan fingerprint density at radius 3 is 1.91 bits per heavy atom. The first-order chi connectivity index (χ1) is 21.7. The number of fused-ring (bicyclic) bond motifs is 7. The van der Waals surface area contributed by atoms with Crippen molar-refractivity contribution in [3.8, 4) is 0 Å². The Balaban J connectivity index is 1.39. The van der Waals surface area contributed by atoms with Crippen LogP contribution in [0.2, 0.25) is 0 Å². The lowest BCUT2D eigenvalue weighted by Gasteiger charge is -2.34. The molecule has 0 spiro atoms. The van der Waals surface area contributed by atoms with Gasteiger partial charge in [0, 0.05) is 18.0 Å². The van der Waals surface area contributed by atoms with Crippen LogP contribution in [0.1, 0.15) is 58.2 Å². The van der Waals surface area contributed by atoms with Gasteiger partial charge in [-0.1, -0.05) is 103 Å². The SMILES string of the molecule is CCOC1(c2ccccc2)C2=NC(C=C2)C(c2ccccc2)c2ccc([nH]2)C2=NC(C=C2)C(c2ccccc2)c2ccc1[nH]2. The maximum absolute atomic E-state index is 6.88. The van der Waals surface area contributed by atoms with Crippen LogP contribution in [0.15, 0.2) is 150 Å². The predicted molar refractivity (Wildman–Crippen MR) is 177 cm³/mol. The summed E-state index contributed by atoms with van der Waals surface area (Å²) in [4.78, 5) is 18.4. The first-order valence-corrected chi connectivity index (χ1v) is 15.4. The summed E-state index contributed by atoms with van der Waals surface area (Å²) in [6.45, 7) is 2.57. The normalized spacial score (nSPS) is 25.3. The van der Waals surface area contributed by atoms with Gasteiger partial charge in [-0.25, -0.2) is 0 Å². The molecule has 0 saturated carbocycles. The molecule has 8 bridgehead atoms. The van der Waals surface area contributed by atoms with Crippen LogP contribution in [0.5, 0.6) is 0 Å². The van der Waals surface area contributed by atoms with Crippen molar-refractivity contribution >= 4 is 11.4 Å². The van der Waals surface area contributed by atoms with Crippen LogP contribution in [0, 0.1) is 0 Å². The van der Waals surface area contributed by atoms with Crippen molar-refractivity contribution in [2.24, 2.45) is 9.98 Å². The van der Waals surface area contributed by atoms with Crippen molar-refractivity contribution < 1.29 is 4.74 Å². The summed E-state index contributed by atoms with van der Waals surface area (Å²) in [5.74, 6) is -0.00351. The van der Waals surface area contributed by atoms with E-state index < -0.39 is 5.60 Å². The monoisotopic (exact) mass is 574 g/mol. The van der Waals surface area contributed by atoms with E-state index in [-0.39, 0.29) is 23.9 Å². The smallest absolute Gasteiger partial charge is 0.174 e. The highest BCUT2D eigenvalue weighted by Crippen LogP contribution is 2.42. The van der Waals surface area contributed by atoms with Crippen LogP contribution < -0.4 is 0 Å². The Hall–Kier alpha value is -5.00. The fourth-order valence-corrected chi connectivity index (χ4v) is 7.16.